The van der Waals surface area contributed by atoms with E-state index in [1.807, 2.05) is 5.38 Å². The van der Waals surface area contributed by atoms with Crippen LogP contribution >= 0.6 is 27.3 Å². The van der Waals surface area contributed by atoms with Crippen molar-refractivity contribution in [3.8, 4) is 0 Å². The predicted octanol–water partition coefficient (Wildman–Crippen LogP) is 2.56. The third kappa shape index (κ3) is 4.61. The minimum absolute atomic E-state index is 0.0122. The Labute approximate surface area is 103 Å². The number of methoxy groups -OCH3 is 1. The van der Waals surface area contributed by atoms with Crippen molar-refractivity contribution in [2.75, 3.05) is 26.9 Å². The second kappa shape index (κ2) is 7.35. The minimum Gasteiger partial charge on any atom is -0.385 e. The zero-order valence-corrected chi connectivity index (χ0v) is 11.1. The Bertz CT molecular complexity index is 280. The summed E-state index contributed by atoms with van der Waals surface area (Å²) in [6.07, 6.45) is 0.915. The van der Waals surface area contributed by atoms with Crippen molar-refractivity contribution in [2.24, 2.45) is 5.73 Å². The number of hydrogen-bond acceptors (Lipinski definition) is 4. The minimum atomic E-state index is 0.0122. The molecule has 0 aromatic carbocycles. The Hall–Kier alpha value is 0.0600. The SMILES string of the molecule is COCCCOC(CN)c1cc(Br)cs1. The molecule has 1 aromatic rings. The largest absolute Gasteiger partial charge is 0.385 e. The highest BCUT2D eigenvalue weighted by atomic mass is 79.9. The van der Waals surface area contributed by atoms with Gasteiger partial charge in [0.2, 0.25) is 0 Å². The van der Waals surface area contributed by atoms with Gasteiger partial charge >= 0.3 is 0 Å². The van der Waals surface area contributed by atoms with Crippen LogP contribution in [0, 0.1) is 0 Å². The Morgan fingerprint density at radius 1 is 1.53 bits per heavy atom. The summed E-state index contributed by atoms with van der Waals surface area (Å²) in [6.45, 7) is 1.93. The molecule has 0 bridgehead atoms. The smallest absolute Gasteiger partial charge is 0.104 e. The highest BCUT2D eigenvalue weighted by Crippen LogP contribution is 2.27. The van der Waals surface area contributed by atoms with E-state index in [0.29, 0.717) is 13.2 Å². The Balaban J connectivity index is 2.35. The van der Waals surface area contributed by atoms with E-state index in [9.17, 15) is 0 Å². The summed E-state index contributed by atoms with van der Waals surface area (Å²) in [5, 5.41) is 2.04. The van der Waals surface area contributed by atoms with Gasteiger partial charge in [-0.3, -0.25) is 0 Å². The van der Waals surface area contributed by atoms with Gasteiger partial charge in [-0.2, -0.15) is 0 Å². The van der Waals surface area contributed by atoms with Crippen molar-refractivity contribution in [1.82, 2.24) is 0 Å². The molecule has 0 radical (unpaired) electrons. The molecule has 0 spiro atoms. The monoisotopic (exact) mass is 293 g/mol. The summed E-state index contributed by atoms with van der Waals surface area (Å²) in [7, 11) is 1.69. The van der Waals surface area contributed by atoms with Crippen LogP contribution in [0.2, 0.25) is 0 Å². The van der Waals surface area contributed by atoms with Gasteiger partial charge in [-0.05, 0) is 28.4 Å². The van der Waals surface area contributed by atoms with Gasteiger partial charge < -0.3 is 15.2 Å². The lowest BCUT2D eigenvalue weighted by Gasteiger charge is -2.13. The lowest BCUT2D eigenvalue weighted by Crippen LogP contribution is -2.15. The van der Waals surface area contributed by atoms with Crippen LogP contribution in [0.15, 0.2) is 15.9 Å². The molecule has 1 rings (SSSR count). The van der Waals surface area contributed by atoms with Gasteiger partial charge in [-0.15, -0.1) is 11.3 Å². The van der Waals surface area contributed by atoms with Crippen LogP contribution < -0.4 is 5.73 Å². The zero-order chi connectivity index (χ0) is 11.1. The summed E-state index contributed by atoms with van der Waals surface area (Å²) in [6, 6.07) is 2.05. The second-order valence-corrected chi connectivity index (χ2v) is 4.97. The maximum absolute atomic E-state index is 5.68. The maximum Gasteiger partial charge on any atom is 0.104 e. The van der Waals surface area contributed by atoms with Crippen LogP contribution in [0.1, 0.15) is 17.4 Å². The first-order chi connectivity index (χ1) is 7.27. The molecule has 0 saturated heterocycles. The van der Waals surface area contributed by atoms with Gasteiger partial charge in [0.05, 0.1) is 0 Å². The molecule has 0 aliphatic carbocycles. The van der Waals surface area contributed by atoms with E-state index in [1.54, 1.807) is 18.4 Å². The average molecular weight is 294 g/mol. The van der Waals surface area contributed by atoms with Crippen LogP contribution in [0.3, 0.4) is 0 Å². The van der Waals surface area contributed by atoms with Crippen molar-refractivity contribution in [1.29, 1.82) is 0 Å². The molecule has 1 unspecified atom stereocenters. The normalized spacial score (nSPS) is 13.0. The summed E-state index contributed by atoms with van der Waals surface area (Å²) in [4.78, 5) is 1.17. The molecule has 86 valence electrons. The molecule has 1 aromatic heterocycles. The van der Waals surface area contributed by atoms with Gasteiger partial charge in [-0.1, -0.05) is 0 Å². The predicted molar refractivity (Wildman–Crippen MR) is 66.3 cm³/mol. The maximum atomic E-state index is 5.68. The highest BCUT2D eigenvalue weighted by Gasteiger charge is 2.11. The Morgan fingerprint density at radius 2 is 2.33 bits per heavy atom. The van der Waals surface area contributed by atoms with E-state index in [0.717, 1.165) is 17.5 Å². The molecule has 0 aliphatic rings. The first-order valence-corrected chi connectivity index (χ1v) is 6.49. The molecule has 0 saturated carbocycles. The fourth-order valence-electron chi connectivity index (χ4n) is 1.19. The number of thiophene rings is 1. The number of hydrogen-bond donors (Lipinski definition) is 1. The standard InChI is InChI=1S/C10H16BrNO2S/c1-13-3-2-4-14-9(6-12)10-5-8(11)7-15-10/h5,7,9H,2-4,6,12H2,1H3. The van der Waals surface area contributed by atoms with Crippen LogP contribution in [-0.4, -0.2) is 26.9 Å². The second-order valence-electron chi connectivity index (χ2n) is 3.11. The molecular formula is C10H16BrNO2S. The fourth-order valence-corrected chi connectivity index (χ4v) is 2.70. The van der Waals surface area contributed by atoms with Crippen LogP contribution in [0.25, 0.3) is 0 Å². The molecule has 1 atom stereocenters. The summed E-state index contributed by atoms with van der Waals surface area (Å²) in [5.41, 5.74) is 5.66. The van der Waals surface area contributed by atoms with E-state index in [1.165, 1.54) is 4.88 Å². The molecule has 5 heteroatoms. The summed E-state index contributed by atoms with van der Waals surface area (Å²) >= 11 is 5.08. The van der Waals surface area contributed by atoms with Crippen LogP contribution in [0.4, 0.5) is 0 Å². The first kappa shape index (κ1) is 13.1. The molecule has 0 aliphatic heterocycles. The van der Waals surface area contributed by atoms with Gasteiger partial charge in [0.1, 0.15) is 6.10 Å². The quantitative estimate of drug-likeness (QED) is 0.786. The molecule has 0 fully saturated rings. The summed E-state index contributed by atoms with van der Waals surface area (Å²) in [5.74, 6) is 0. The Kier molecular flexibility index (Phi) is 6.43. The Morgan fingerprint density at radius 3 is 2.87 bits per heavy atom. The molecule has 0 amide bonds. The van der Waals surface area contributed by atoms with Crippen molar-refractivity contribution in [2.45, 2.75) is 12.5 Å². The molecular weight excluding hydrogens is 278 g/mol. The first-order valence-electron chi connectivity index (χ1n) is 4.82. The third-order valence-electron chi connectivity index (χ3n) is 1.93. The van der Waals surface area contributed by atoms with Gasteiger partial charge in [0.25, 0.3) is 0 Å². The zero-order valence-electron chi connectivity index (χ0n) is 8.74. The third-order valence-corrected chi connectivity index (χ3v) is 3.72. The van der Waals surface area contributed by atoms with Crippen molar-refractivity contribution >= 4 is 27.3 Å². The van der Waals surface area contributed by atoms with E-state index < -0.39 is 0 Å². The van der Waals surface area contributed by atoms with Gasteiger partial charge in [0.15, 0.2) is 0 Å². The van der Waals surface area contributed by atoms with Crippen molar-refractivity contribution < 1.29 is 9.47 Å². The number of rotatable bonds is 7. The molecule has 15 heavy (non-hydrogen) atoms. The highest BCUT2D eigenvalue weighted by molar-refractivity contribution is 9.10. The molecule has 1 heterocycles. The lowest BCUT2D eigenvalue weighted by molar-refractivity contribution is 0.0459. The van der Waals surface area contributed by atoms with Gasteiger partial charge in [-0.25, -0.2) is 0 Å². The number of halogens is 1. The van der Waals surface area contributed by atoms with Gasteiger partial charge in [0, 0.05) is 41.6 Å². The topological polar surface area (TPSA) is 44.5 Å². The number of nitrogens with two attached hydrogens (primary N) is 1. The molecule has 3 nitrogen and oxygen atoms in total. The number of ether oxygens (including phenoxy) is 2. The van der Waals surface area contributed by atoms with E-state index in [2.05, 4.69) is 22.0 Å². The van der Waals surface area contributed by atoms with E-state index in [4.69, 9.17) is 15.2 Å². The van der Waals surface area contributed by atoms with E-state index >= 15 is 0 Å². The summed E-state index contributed by atoms with van der Waals surface area (Å²) < 4.78 is 11.7. The van der Waals surface area contributed by atoms with Crippen LogP contribution in [-0.2, 0) is 9.47 Å². The van der Waals surface area contributed by atoms with Crippen molar-refractivity contribution in [3.63, 3.8) is 0 Å². The fraction of sp³-hybridized carbons (Fsp3) is 0.600. The van der Waals surface area contributed by atoms with Crippen LogP contribution in [0.5, 0.6) is 0 Å². The van der Waals surface area contributed by atoms with E-state index in [-0.39, 0.29) is 6.10 Å². The molecule has 2 N–H and O–H groups in total. The van der Waals surface area contributed by atoms with Crippen molar-refractivity contribution in [3.05, 3.63) is 20.8 Å². The lowest BCUT2D eigenvalue weighted by atomic mass is 10.3. The average Bonchev–Trinajstić information content (AvgIpc) is 2.65.